The first-order valence-electron chi connectivity index (χ1n) is 4.34. The molecule has 0 saturated heterocycles. The smallest absolute Gasteiger partial charge is 0.176 e. The van der Waals surface area contributed by atoms with Crippen LogP contribution in [0.3, 0.4) is 0 Å². The molecule has 14 heavy (non-hydrogen) atoms. The number of ketones is 1. The van der Waals surface area contributed by atoms with Crippen molar-refractivity contribution in [3.63, 3.8) is 0 Å². The number of benzene rings is 1. The molecule has 0 aliphatic carbocycles. The molecule has 0 amide bonds. The van der Waals surface area contributed by atoms with Crippen LogP contribution in [0, 0.1) is 0 Å². The first kappa shape index (κ1) is 9.21. The van der Waals surface area contributed by atoms with Crippen molar-refractivity contribution < 1.29 is 4.79 Å². The number of nitrogens with zero attached hydrogens (tertiary/aromatic N) is 1. The third-order valence-corrected chi connectivity index (χ3v) is 2.88. The molecular formula is C11H9NOS. The maximum atomic E-state index is 11.4. The van der Waals surface area contributed by atoms with Crippen LogP contribution in [0.2, 0.25) is 0 Å². The lowest BCUT2D eigenvalue weighted by molar-refractivity contribution is -0.113. The van der Waals surface area contributed by atoms with E-state index < -0.39 is 0 Å². The number of allylic oxidation sites excluding steroid dienone is 1. The number of hydrogen-bond acceptors (Lipinski definition) is 3. The van der Waals surface area contributed by atoms with Crippen molar-refractivity contribution in [1.82, 2.24) is 0 Å². The largest absolute Gasteiger partial charge is 0.293 e. The zero-order chi connectivity index (χ0) is 9.80. The zero-order valence-corrected chi connectivity index (χ0v) is 8.33. The highest BCUT2D eigenvalue weighted by Gasteiger charge is 2.12. The predicted molar refractivity (Wildman–Crippen MR) is 58.5 cm³/mol. The Bertz CT molecular complexity index is 395. The van der Waals surface area contributed by atoms with Gasteiger partial charge in [0.1, 0.15) is 0 Å². The summed E-state index contributed by atoms with van der Waals surface area (Å²) < 4.78 is 0. The van der Waals surface area contributed by atoms with Gasteiger partial charge in [0.15, 0.2) is 5.78 Å². The molecule has 0 atom stereocenters. The average Bonchev–Trinajstić information content (AvgIpc) is 2.23. The molecule has 1 aromatic carbocycles. The van der Waals surface area contributed by atoms with Crippen LogP contribution in [0.4, 0.5) is 0 Å². The number of Topliss-reactive ketones (excluding diaryl/α,β-unsaturated/α-hetero) is 1. The van der Waals surface area contributed by atoms with E-state index in [1.54, 1.807) is 12.4 Å². The molecule has 0 radical (unpaired) electrons. The summed E-state index contributed by atoms with van der Waals surface area (Å²) in [6, 6.07) is 9.84. The summed E-state index contributed by atoms with van der Waals surface area (Å²) in [5, 5.41) is 0. The molecule has 0 unspecified atom stereocenters. The Labute approximate surface area is 86.7 Å². The zero-order valence-electron chi connectivity index (χ0n) is 7.51. The summed E-state index contributed by atoms with van der Waals surface area (Å²) in [4.78, 5) is 17.2. The second-order valence-electron chi connectivity index (χ2n) is 2.87. The van der Waals surface area contributed by atoms with E-state index in [1.807, 2.05) is 30.3 Å². The molecule has 0 fully saturated rings. The molecule has 0 N–H and O–H groups in total. The molecule has 1 aromatic rings. The fourth-order valence-electron chi connectivity index (χ4n) is 1.13. The second-order valence-corrected chi connectivity index (χ2v) is 3.98. The molecule has 3 heteroatoms. The van der Waals surface area contributed by atoms with Crippen LogP contribution in [0.1, 0.15) is 6.42 Å². The molecule has 0 spiro atoms. The highest BCUT2D eigenvalue weighted by Crippen LogP contribution is 2.28. The van der Waals surface area contributed by atoms with Gasteiger partial charge in [0.2, 0.25) is 0 Å². The summed E-state index contributed by atoms with van der Waals surface area (Å²) in [6.45, 7) is 0. The molecule has 1 heterocycles. The summed E-state index contributed by atoms with van der Waals surface area (Å²) in [7, 11) is 0. The minimum absolute atomic E-state index is 0.147. The molecule has 2 nitrogen and oxygen atoms in total. The summed E-state index contributed by atoms with van der Waals surface area (Å²) in [5.41, 5.74) is 0. The van der Waals surface area contributed by atoms with E-state index in [0.29, 0.717) is 6.42 Å². The van der Waals surface area contributed by atoms with Crippen LogP contribution in [-0.2, 0) is 4.79 Å². The quantitative estimate of drug-likeness (QED) is 0.739. The minimum Gasteiger partial charge on any atom is -0.293 e. The van der Waals surface area contributed by atoms with Gasteiger partial charge in [-0.1, -0.05) is 30.0 Å². The molecule has 70 valence electrons. The van der Waals surface area contributed by atoms with Crippen LogP contribution in [-0.4, -0.2) is 12.0 Å². The van der Waals surface area contributed by atoms with Crippen LogP contribution < -0.4 is 0 Å². The van der Waals surface area contributed by atoms with Gasteiger partial charge in [-0.2, -0.15) is 0 Å². The third kappa shape index (κ3) is 2.12. The molecule has 0 aromatic heterocycles. The monoisotopic (exact) mass is 203 g/mol. The van der Waals surface area contributed by atoms with Crippen molar-refractivity contribution in [3.05, 3.63) is 41.4 Å². The topological polar surface area (TPSA) is 29.4 Å². The van der Waals surface area contributed by atoms with Crippen LogP contribution in [0.25, 0.3) is 0 Å². The SMILES string of the molecule is O=C1CC=NC=C1Sc1ccccc1. The van der Waals surface area contributed by atoms with Crippen molar-refractivity contribution in [2.75, 3.05) is 0 Å². The lowest BCUT2D eigenvalue weighted by Crippen LogP contribution is -2.03. The van der Waals surface area contributed by atoms with Gasteiger partial charge in [0, 0.05) is 23.7 Å². The molecule has 2 rings (SSSR count). The van der Waals surface area contributed by atoms with Gasteiger partial charge < -0.3 is 0 Å². The van der Waals surface area contributed by atoms with Crippen molar-refractivity contribution >= 4 is 23.8 Å². The number of carbonyl (C=O) groups excluding carboxylic acids is 1. The normalized spacial score (nSPS) is 15.4. The van der Waals surface area contributed by atoms with Crippen LogP contribution in [0.15, 0.2) is 51.3 Å². The fraction of sp³-hybridized carbons (Fsp3) is 0.0909. The maximum Gasteiger partial charge on any atom is 0.176 e. The van der Waals surface area contributed by atoms with E-state index in [-0.39, 0.29) is 5.78 Å². The van der Waals surface area contributed by atoms with E-state index in [9.17, 15) is 4.79 Å². The number of rotatable bonds is 2. The summed E-state index contributed by atoms with van der Waals surface area (Å²) in [6.07, 6.45) is 3.69. The van der Waals surface area contributed by atoms with Crippen molar-refractivity contribution in [2.24, 2.45) is 4.99 Å². The molecular weight excluding hydrogens is 194 g/mol. The molecule has 0 bridgehead atoms. The standard InChI is InChI=1S/C11H9NOS/c13-10-6-7-12-8-11(10)14-9-4-2-1-3-5-9/h1-5,7-8H,6H2. The van der Waals surface area contributed by atoms with E-state index in [1.165, 1.54) is 11.8 Å². The van der Waals surface area contributed by atoms with E-state index in [2.05, 4.69) is 4.99 Å². The van der Waals surface area contributed by atoms with E-state index in [4.69, 9.17) is 0 Å². The fourth-order valence-corrected chi connectivity index (χ4v) is 1.99. The second kappa shape index (κ2) is 4.24. The maximum absolute atomic E-state index is 11.4. The van der Waals surface area contributed by atoms with Crippen molar-refractivity contribution in [1.29, 1.82) is 0 Å². The summed E-state index contributed by atoms with van der Waals surface area (Å²) in [5.74, 6) is 0.147. The van der Waals surface area contributed by atoms with Crippen molar-refractivity contribution in [2.45, 2.75) is 11.3 Å². The van der Waals surface area contributed by atoms with Gasteiger partial charge in [-0.15, -0.1) is 0 Å². The van der Waals surface area contributed by atoms with E-state index in [0.717, 1.165) is 9.80 Å². The van der Waals surface area contributed by atoms with Gasteiger partial charge in [-0.05, 0) is 12.1 Å². The van der Waals surface area contributed by atoms with Gasteiger partial charge in [-0.25, -0.2) is 0 Å². The van der Waals surface area contributed by atoms with Gasteiger partial charge in [0.25, 0.3) is 0 Å². The van der Waals surface area contributed by atoms with Gasteiger partial charge in [-0.3, -0.25) is 9.79 Å². The number of carbonyl (C=O) groups is 1. The van der Waals surface area contributed by atoms with Crippen LogP contribution in [0.5, 0.6) is 0 Å². The Morgan fingerprint density at radius 1 is 1.21 bits per heavy atom. The molecule has 1 aliphatic heterocycles. The average molecular weight is 203 g/mol. The minimum atomic E-state index is 0.147. The van der Waals surface area contributed by atoms with Gasteiger partial charge in [0.05, 0.1) is 4.91 Å². The van der Waals surface area contributed by atoms with Crippen LogP contribution >= 0.6 is 11.8 Å². The number of hydrogen-bond donors (Lipinski definition) is 0. The highest BCUT2D eigenvalue weighted by atomic mass is 32.2. The Balaban J connectivity index is 2.15. The number of thioether (sulfide) groups is 1. The predicted octanol–water partition coefficient (Wildman–Crippen LogP) is 2.66. The Morgan fingerprint density at radius 2 is 2.00 bits per heavy atom. The van der Waals surface area contributed by atoms with Crippen molar-refractivity contribution in [3.8, 4) is 0 Å². The Hall–Kier alpha value is -1.35. The first-order chi connectivity index (χ1) is 6.86. The lowest BCUT2D eigenvalue weighted by atomic mass is 10.2. The highest BCUT2D eigenvalue weighted by molar-refractivity contribution is 8.04. The number of aliphatic imine (C=N–C) groups is 1. The molecule has 0 saturated carbocycles. The Kier molecular flexibility index (Phi) is 2.79. The Morgan fingerprint density at radius 3 is 2.71 bits per heavy atom. The molecule has 1 aliphatic rings. The first-order valence-corrected chi connectivity index (χ1v) is 5.16. The van der Waals surface area contributed by atoms with E-state index >= 15 is 0 Å². The lowest BCUT2D eigenvalue weighted by Gasteiger charge is -2.06. The summed E-state index contributed by atoms with van der Waals surface area (Å²) >= 11 is 1.47. The van der Waals surface area contributed by atoms with Gasteiger partial charge >= 0.3 is 0 Å². The third-order valence-electron chi connectivity index (χ3n) is 1.82.